The summed E-state index contributed by atoms with van der Waals surface area (Å²) in [6, 6.07) is 21.0. The number of nitrogens with zero attached hydrogens (tertiary/aromatic N) is 1. The van der Waals surface area contributed by atoms with Gasteiger partial charge in [-0.3, -0.25) is 4.79 Å². The van der Waals surface area contributed by atoms with Crippen LogP contribution in [0.15, 0.2) is 65.0 Å². The molecule has 36 heavy (non-hydrogen) atoms. The minimum Gasteiger partial charge on any atom is -0.494 e. The van der Waals surface area contributed by atoms with Gasteiger partial charge in [-0.25, -0.2) is 4.98 Å². The van der Waals surface area contributed by atoms with Crippen LogP contribution >= 0.6 is 23.1 Å². The quantitative estimate of drug-likeness (QED) is 0.166. The Morgan fingerprint density at radius 1 is 1.06 bits per heavy atom. The van der Waals surface area contributed by atoms with E-state index in [1.165, 1.54) is 27.0 Å². The number of nitrogens with one attached hydrogen (secondary N) is 1. The maximum absolute atomic E-state index is 13.2. The fraction of sp³-hybridized carbons (Fsp3) is 0.333. The Hall–Kier alpha value is -2.83. The SMILES string of the molecule is CCCNC(=O)C1c2ccccc2-c2cccc(CCCCSc3nc4ccc(OCC)cc4s3)c21. The summed E-state index contributed by atoms with van der Waals surface area (Å²) in [5, 5.41) is 3.14. The van der Waals surface area contributed by atoms with E-state index in [-0.39, 0.29) is 11.8 Å². The summed E-state index contributed by atoms with van der Waals surface area (Å²) < 4.78 is 7.91. The molecule has 3 aromatic carbocycles. The fourth-order valence-electron chi connectivity index (χ4n) is 4.96. The molecule has 0 bridgehead atoms. The molecular formula is C30H32N2O2S2. The standard InChI is InChI=1S/C30H32N2O2S2/c1-3-17-31-29(33)28-24-13-6-5-12-22(24)23-14-9-11-20(27(23)28)10-7-8-18-35-30-32-25-16-15-21(34-4-2)19-26(25)36-30/h5-6,9,11-16,19,28H,3-4,7-8,10,17-18H2,1-2H3,(H,31,33). The maximum atomic E-state index is 13.2. The minimum atomic E-state index is -0.211. The highest BCUT2D eigenvalue weighted by Crippen LogP contribution is 2.46. The molecule has 4 aromatic rings. The van der Waals surface area contributed by atoms with Crippen LogP contribution in [0.5, 0.6) is 5.75 Å². The van der Waals surface area contributed by atoms with E-state index in [1.807, 2.05) is 36.9 Å². The van der Waals surface area contributed by atoms with Crippen LogP contribution in [0.2, 0.25) is 0 Å². The van der Waals surface area contributed by atoms with E-state index in [1.54, 1.807) is 11.3 Å². The van der Waals surface area contributed by atoms with Gasteiger partial charge in [0.1, 0.15) is 5.75 Å². The number of rotatable bonds is 11. The van der Waals surface area contributed by atoms with Crippen LogP contribution < -0.4 is 10.1 Å². The molecular weight excluding hydrogens is 484 g/mol. The summed E-state index contributed by atoms with van der Waals surface area (Å²) in [7, 11) is 0. The number of hydrogen-bond donors (Lipinski definition) is 1. The number of carbonyl (C=O) groups excluding carboxylic acids is 1. The number of fused-ring (bicyclic) bond motifs is 4. The molecule has 1 amide bonds. The van der Waals surface area contributed by atoms with E-state index in [0.717, 1.165) is 52.6 Å². The molecule has 0 aliphatic heterocycles. The monoisotopic (exact) mass is 516 g/mol. The van der Waals surface area contributed by atoms with Gasteiger partial charge in [-0.2, -0.15) is 0 Å². The fourth-order valence-corrected chi connectivity index (χ4v) is 7.12. The van der Waals surface area contributed by atoms with Crippen molar-refractivity contribution in [3.05, 3.63) is 77.4 Å². The second-order valence-electron chi connectivity index (χ2n) is 9.04. The largest absolute Gasteiger partial charge is 0.494 e. The Morgan fingerprint density at radius 2 is 1.92 bits per heavy atom. The van der Waals surface area contributed by atoms with Gasteiger partial charge < -0.3 is 10.1 Å². The highest BCUT2D eigenvalue weighted by Gasteiger charge is 2.35. The first-order valence-corrected chi connectivity index (χ1v) is 14.6. The highest BCUT2D eigenvalue weighted by molar-refractivity contribution is 8.01. The second kappa shape index (κ2) is 11.5. The molecule has 4 nitrogen and oxygen atoms in total. The van der Waals surface area contributed by atoms with Crippen molar-refractivity contribution in [3.8, 4) is 16.9 Å². The number of amides is 1. The zero-order chi connectivity index (χ0) is 24.9. The molecule has 1 aromatic heterocycles. The lowest BCUT2D eigenvalue weighted by atomic mass is 9.90. The molecule has 0 spiro atoms. The summed E-state index contributed by atoms with van der Waals surface area (Å²) in [5.41, 5.74) is 7.09. The van der Waals surface area contributed by atoms with Crippen molar-refractivity contribution in [1.29, 1.82) is 0 Å². The van der Waals surface area contributed by atoms with Crippen LogP contribution in [0.1, 0.15) is 55.7 Å². The number of hydrogen-bond acceptors (Lipinski definition) is 5. The lowest BCUT2D eigenvalue weighted by Crippen LogP contribution is -2.30. The van der Waals surface area contributed by atoms with Crippen molar-refractivity contribution in [1.82, 2.24) is 10.3 Å². The number of ether oxygens (including phenoxy) is 1. The summed E-state index contributed by atoms with van der Waals surface area (Å²) in [4.78, 5) is 18.0. The van der Waals surface area contributed by atoms with Crippen molar-refractivity contribution >= 4 is 39.2 Å². The first-order valence-electron chi connectivity index (χ1n) is 12.8. The average Bonchev–Trinajstić information content (AvgIpc) is 3.46. The van der Waals surface area contributed by atoms with Crippen LogP contribution in [0, 0.1) is 0 Å². The van der Waals surface area contributed by atoms with E-state index in [0.29, 0.717) is 13.2 Å². The first kappa shape index (κ1) is 24.8. The molecule has 5 rings (SSSR count). The molecule has 6 heteroatoms. The van der Waals surface area contributed by atoms with Gasteiger partial charge in [0.25, 0.3) is 0 Å². The zero-order valence-corrected chi connectivity index (χ0v) is 22.5. The summed E-state index contributed by atoms with van der Waals surface area (Å²) in [5.74, 6) is 1.85. The summed E-state index contributed by atoms with van der Waals surface area (Å²) in [6.07, 6.45) is 4.11. The normalized spacial score (nSPS) is 14.0. The van der Waals surface area contributed by atoms with E-state index in [2.05, 4.69) is 54.7 Å². The number of unbranched alkanes of at least 4 members (excludes halogenated alkanes) is 1. The van der Waals surface area contributed by atoms with Gasteiger partial charge in [0.05, 0.1) is 22.7 Å². The predicted molar refractivity (Wildman–Crippen MR) is 151 cm³/mol. The Labute approximate surface area is 221 Å². The predicted octanol–water partition coefficient (Wildman–Crippen LogP) is 7.45. The first-order chi connectivity index (χ1) is 17.7. The summed E-state index contributed by atoms with van der Waals surface area (Å²) in [6.45, 7) is 5.48. The van der Waals surface area contributed by atoms with Gasteiger partial charge in [-0.15, -0.1) is 11.3 Å². The van der Waals surface area contributed by atoms with E-state index in [9.17, 15) is 4.79 Å². The van der Waals surface area contributed by atoms with Crippen LogP contribution in [0.3, 0.4) is 0 Å². The Morgan fingerprint density at radius 3 is 2.78 bits per heavy atom. The van der Waals surface area contributed by atoms with Crippen molar-refractivity contribution < 1.29 is 9.53 Å². The third-order valence-electron chi connectivity index (χ3n) is 6.58. The number of thioether (sulfide) groups is 1. The Balaban J connectivity index is 1.24. The molecule has 1 N–H and O–H groups in total. The van der Waals surface area contributed by atoms with E-state index < -0.39 is 0 Å². The van der Waals surface area contributed by atoms with Crippen molar-refractivity contribution in [3.63, 3.8) is 0 Å². The van der Waals surface area contributed by atoms with Gasteiger partial charge in [0.2, 0.25) is 5.91 Å². The van der Waals surface area contributed by atoms with Crippen LogP contribution in [0.25, 0.3) is 21.3 Å². The molecule has 0 fully saturated rings. The minimum absolute atomic E-state index is 0.120. The zero-order valence-electron chi connectivity index (χ0n) is 20.9. The topological polar surface area (TPSA) is 51.2 Å². The van der Waals surface area contributed by atoms with Gasteiger partial charge in [0.15, 0.2) is 4.34 Å². The number of benzene rings is 3. The van der Waals surface area contributed by atoms with E-state index in [4.69, 9.17) is 9.72 Å². The highest BCUT2D eigenvalue weighted by atomic mass is 32.2. The third kappa shape index (κ3) is 5.16. The number of aromatic nitrogens is 1. The molecule has 1 aliphatic rings. The molecule has 1 aliphatic carbocycles. The van der Waals surface area contributed by atoms with Crippen molar-refractivity contribution in [2.45, 2.75) is 49.8 Å². The molecule has 0 radical (unpaired) electrons. The Kier molecular flexibility index (Phi) is 7.93. The second-order valence-corrected chi connectivity index (χ2v) is 11.4. The van der Waals surface area contributed by atoms with Gasteiger partial charge in [-0.1, -0.05) is 61.2 Å². The maximum Gasteiger partial charge on any atom is 0.232 e. The number of thiazole rings is 1. The smallest absolute Gasteiger partial charge is 0.232 e. The lowest BCUT2D eigenvalue weighted by Gasteiger charge is -2.17. The molecule has 0 saturated heterocycles. The van der Waals surface area contributed by atoms with Crippen LogP contribution in [0.4, 0.5) is 0 Å². The van der Waals surface area contributed by atoms with Crippen LogP contribution in [-0.2, 0) is 11.2 Å². The van der Waals surface area contributed by atoms with Gasteiger partial charge >= 0.3 is 0 Å². The molecule has 1 unspecified atom stereocenters. The van der Waals surface area contributed by atoms with E-state index >= 15 is 0 Å². The molecule has 1 heterocycles. The average molecular weight is 517 g/mol. The lowest BCUT2D eigenvalue weighted by molar-refractivity contribution is -0.121. The molecule has 186 valence electrons. The third-order valence-corrected chi connectivity index (χ3v) is 8.82. The van der Waals surface area contributed by atoms with Crippen molar-refractivity contribution in [2.24, 2.45) is 0 Å². The Bertz CT molecular complexity index is 1360. The number of aryl methyl sites for hydroxylation is 1. The van der Waals surface area contributed by atoms with Crippen molar-refractivity contribution in [2.75, 3.05) is 18.9 Å². The van der Waals surface area contributed by atoms with Gasteiger partial charge in [-0.05, 0) is 78.6 Å². The number of carbonyl (C=O) groups is 1. The van der Waals surface area contributed by atoms with Crippen LogP contribution in [-0.4, -0.2) is 29.8 Å². The molecule has 1 atom stereocenters. The summed E-state index contributed by atoms with van der Waals surface area (Å²) >= 11 is 3.57. The van der Waals surface area contributed by atoms with Gasteiger partial charge in [0, 0.05) is 12.3 Å². The molecule has 0 saturated carbocycles.